The first-order valence-electron chi connectivity index (χ1n) is 11.8. The number of nitrogens with one attached hydrogen (secondary N) is 2. The van der Waals surface area contributed by atoms with Crippen molar-refractivity contribution in [1.29, 1.82) is 0 Å². The lowest BCUT2D eigenvalue weighted by atomic mass is 10.0. The summed E-state index contributed by atoms with van der Waals surface area (Å²) in [6.07, 6.45) is 1.61. The standard InChI is InChI=1S/C26H29N3O8S2/c1-26(2,3)37-25(35)29-11-10-17-18(13-29)39-23(22(17)24(34)36-4)28-20(31)14-38-16-7-5-6-15(12-16)27-19(30)8-9-21(32)33/h5-9,12H,10-11,13-14H2,1-4H3,(H,27,30)(H,28,31)(H,32,33)/b9-8+. The molecule has 0 atom stereocenters. The molecule has 0 radical (unpaired) electrons. The van der Waals surface area contributed by atoms with Crippen molar-refractivity contribution in [3.05, 3.63) is 52.4 Å². The molecule has 2 aromatic rings. The number of nitrogens with zero attached hydrogens (tertiary/aromatic N) is 1. The summed E-state index contributed by atoms with van der Waals surface area (Å²) in [5.74, 6) is -2.74. The smallest absolute Gasteiger partial charge is 0.410 e. The maximum absolute atomic E-state index is 12.8. The molecule has 1 aromatic heterocycles. The van der Waals surface area contributed by atoms with Gasteiger partial charge in [-0.25, -0.2) is 14.4 Å². The van der Waals surface area contributed by atoms with Crippen molar-refractivity contribution >= 4 is 63.6 Å². The molecule has 0 saturated heterocycles. The van der Waals surface area contributed by atoms with E-state index in [1.165, 1.54) is 30.2 Å². The quantitative estimate of drug-likeness (QED) is 0.240. The van der Waals surface area contributed by atoms with Crippen molar-refractivity contribution in [2.45, 2.75) is 44.2 Å². The number of rotatable bonds is 8. The summed E-state index contributed by atoms with van der Waals surface area (Å²) >= 11 is 2.44. The summed E-state index contributed by atoms with van der Waals surface area (Å²) in [6, 6.07) is 6.74. The average molecular weight is 576 g/mol. The van der Waals surface area contributed by atoms with Crippen LogP contribution in [-0.2, 0) is 36.8 Å². The van der Waals surface area contributed by atoms with Gasteiger partial charge in [-0.1, -0.05) is 6.07 Å². The van der Waals surface area contributed by atoms with Crippen LogP contribution in [0.3, 0.4) is 0 Å². The van der Waals surface area contributed by atoms with Crippen molar-refractivity contribution in [2.75, 3.05) is 30.0 Å². The molecule has 39 heavy (non-hydrogen) atoms. The first-order valence-corrected chi connectivity index (χ1v) is 13.6. The zero-order valence-corrected chi connectivity index (χ0v) is 23.5. The van der Waals surface area contributed by atoms with Crippen molar-refractivity contribution in [2.24, 2.45) is 0 Å². The van der Waals surface area contributed by atoms with Crippen molar-refractivity contribution in [1.82, 2.24) is 4.90 Å². The first-order chi connectivity index (χ1) is 18.4. The van der Waals surface area contributed by atoms with Crippen molar-refractivity contribution in [3.8, 4) is 0 Å². The molecule has 0 spiro atoms. The normalized spacial score (nSPS) is 13.0. The van der Waals surface area contributed by atoms with Gasteiger partial charge in [-0.2, -0.15) is 0 Å². The molecule has 3 amide bonds. The number of carbonyl (C=O) groups is 5. The molecule has 3 N–H and O–H groups in total. The molecule has 1 aromatic carbocycles. The highest BCUT2D eigenvalue weighted by atomic mass is 32.2. The highest BCUT2D eigenvalue weighted by molar-refractivity contribution is 8.00. The van der Waals surface area contributed by atoms with Crippen LogP contribution in [0.4, 0.5) is 15.5 Å². The molecular weight excluding hydrogens is 546 g/mol. The molecule has 0 fully saturated rings. The number of ether oxygens (including phenoxy) is 2. The molecule has 1 aliphatic rings. The summed E-state index contributed by atoms with van der Waals surface area (Å²) in [4.78, 5) is 63.3. The second-order valence-corrected chi connectivity index (χ2v) is 11.5. The summed E-state index contributed by atoms with van der Waals surface area (Å²) in [5, 5.41) is 14.3. The van der Waals surface area contributed by atoms with Crippen molar-refractivity contribution < 1.29 is 38.6 Å². The predicted molar refractivity (Wildman–Crippen MR) is 147 cm³/mol. The molecule has 0 unspecified atom stereocenters. The number of thiophene rings is 1. The zero-order chi connectivity index (χ0) is 28.7. The van der Waals surface area contributed by atoms with E-state index in [9.17, 15) is 24.0 Å². The Morgan fingerprint density at radius 2 is 1.90 bits per heavy atom. The molecule has 0 aliphatic carbocycles. The Bertz CT molecular complexity index is 1310. The number of benzene rings is 1. The lowest BCUT2D eigenvalue weighted by Crippen LogP contribution is -2.39. The van der Waals surface area contributed by atoms with E-state index >= 15 is 0 Å². The second-order valence-electron chi connectivity index (χ2n) is 9.38. The molecule has 13 heteroatoms. The maximum atomic E-state index is 12.8. The Morgan fingerprint density at radius 3 is 2.56 bits per heavy atom. The number of hydrogen-bond acceptors (Lipinski definition) is 9. The second kappa shape index (κ2) is 12.8. The van der Waals surface area contributed by atoms with E-state index in [-0.39, 0.29) is 18.2 Å². The third-order valence-corrected chi connectivity index (χ3v) is 7.33. The SMILES string of the molecule is COC(=O)c1c(NC(=O)CSc2cccc(NC(=O)/C=C/C(=O)O)c2)sc2c1CCN(C(=O)OC(C)(C)C)C2. The number of carboxylic acids is 1. The monoisotopic (exact) mass is 575 g/mol. The number of esters is 1. The summed E-state index contributed by atoms with van der Waals surface area (Å²) < 4.78 is 10.4. The molecular formula is C26H29N3O8S2. The van der Waals surface area contributed by atoms with E-state index < -0.39 is 29.5 Å². The average Bonchev–Trinajstić information content (AvgIpc) is 3.21. The largest absolute Gasteiger partial charge is 0.478 e. The van der Waals surface area contributed by atoms with E-state index in [4.69, 9.17) is 14.6 Å². The number of fused-ring (bicyclic) bond motifs is 1. The van der Waals surface area contributed by atoms with Gasteiger partial charge < -0.3 is 30.1 Å². The number of carboxylic acid groups (broad SMARTS) is 1. The van der Waals surface area contributed by atoms with E-state index in [2.05, 4.69) is 10.6 Å². The molecule has 11 nitrogen and oxygen atoms in total. The molecule has 3 rings (SSSR count). The fourth-order valence-corrected chi connectivity index (χ4v) is 5.62. The number of amides is 3. The van der Waals surface area contributed by atoms with Gasteiger partial charge in [0.2, 0.25) is 11.8 Å². The Hall–Kier alpha value is -3.84. The van der Waals surface area contributed by atoms with Gasteiger partial charge in [-0.15, -0.1) is 23.1 Å². The minimum absolute atomic E-state index is 0.0174. The lowest BCUT2D eigenvalue weighted by molar-refractivity contribution is -0.131. The van der Waals surface area contributed by atoms with Crippen LogP contribution in [0.1, 0.15) is 41.6 Å². The van der Waals surface area contributed by atoms with Crippen LogP contribution in [-0.4, -0.2) is 64.9 Å². The minimum Gasteiger partial charge on any atom is -0.478 e. The summed E-state index contributed by atoms with van der Waals surface area (Å²) in [7, 11) is 1.27. The number of thioether (sulfide) groups is 1. The first kappa shape index (κ1) is 29.7. The molecule has 0 bridgehead atoms. The van der Waals surface area contributed by atoms with Gasteiger partial charge in [0.15, 0.2) is 0 Å². The Balaban J connectivity index is 1.67. The van der Waals surface area contributed by atoms with Crippen LogP contribution < -0.4 is 10.6 Å². The number of anilines is 2. The van der Waals surface area contributed by atoms with Crippen LogP contribution in [0.5, 0.6) is 0 Å². The Morgan fingerprint density at radius 1 is 1.15 bits per heavy atom. The van der Waals surface area contributed by atoms with Gasteiger partial charge >= 0.3 is 18.0 Å². The van der Waals surface area contributed by atoms with Gasteiger partial charge in [0, 0.05) is 34.2 Å². The summed E-state index contributed by atoms with van der Waals surface area (Å²) in [6.45, 7) is 5.99. The number of methoxy groups -OCH3 is 1. The van der Waals surface area contributed by atoms with Crippen LogP contribution in [0.25, 0.3) is 0 Å². The summed E-state index contributed by atoms with van der Waals surface area (Å²) in [5.41, 5.74) is 0.839. The zero-order valence-electron chi connectivity index (χ0n) is 21.9. The van der Waals surface area contributed by atoms with Crippen LogP contribution >= 0.6 is 23.1 Å². The molecule has 208 valence electrons. The van der Waals surface area contributed by atoms with Gasteiger partial charge in [-0.05, 0) is 51.0 Å². The fourth-order valence-electron chi connectivity index (χ4n) is 3.60. The van der Waals surface area contributed by atoms with Gasteiger partial charge in [0.1, 0.15) is 10.6 Å². The molecule has 2 heterocycles. The van der Waals surface area contributed by atoms with Gasteiger partial charge in [0.25, 0.3) is 0 Å². The minimum atomic E-state index is -1.23. The van der Waals surface area contributed by atoms with E-state index in [0.29, 0.717) is 34.1 Å². The number of carbonyl (C=O) groups excluding carboxylic acids is 4. The maximum Gasteiger partial charge on any atom is 0.410 e. The predicted octanol–water partition coefficient (Wildman–Crippen LogP) is 4.14. The topological polar surface area (TPSA) is 151 Å². The van der Waals surface area contributed by atoms with E-state index in [0.717, 1.165) is 22.6 Å². The lowest BCUT2D eigenvalue weighted by Gasteiger charge is -2.30. The number of hydrogen-bond donors (Lipinski definition) is 3. The fraction of sp³-hybridized carbons (Fsp3) is 0.346. The highest BCUT2D eigenvalue weighted by Crippen LogP contribution is 2.38. The highest BCUT2D eigenvalue weighted by Gasteiger charge is 2.32. The van der Waals surface area contributed by atoms with Crippen molar-refractivity contribution in [3.63, 3.8) is 0 Å². The Kier molecular flexibility index (Phi) is 9.76. The molecule has 1 aliphatic heterocycles. The van der Waals surface area contributed by atoms with Crippen LogP contribution in [0, 0.1) is 0 Å². The Labute approximate surface area is 233 Å². The van der Waals surface area contributed by atoms with Gasteiger partial charge in [0.05, 0.1) is 25.0 Å². The third-order valence-electron chi connectivity index (χ3n) is 5.20. The van der Waals surface area contributed by atoms with Crippen LogP contribution in [0.2, 0.25) is 0 Å². The van der Waals surface area contributed by atoms with E-state index in [1.54, 1.807) is 49.9 Å². The molecule has 0 saturated carbocycles. The van der Waals surface area contributed by atoms with E-state index in [1.807, 2.05) is 0 Å². The third kappa shape index (κ3) is 8.58. The van der Waals surface area contributed by atoms with Gasteiger partial charge in [-0.3, -0.25) is 9.59 Å². The number of aliphatic carboxylic acids is 1. The van der Waals surface area contributed by atoms with Crippen LogP contribution in [0.15, 0.2) is 41.3 Å².